The number of carbonyl (C=O) groups excluding carboxylic acids is 2. The average Bonchev–Trinajstić information content (AvgIpc) is 2.95. The molecule has 28 heavy (non-hydrogen) atoms. The van der Waals surface area contributed by atoms with Crippen LogP contribution in [0.15, 0.2) is 48.3 Å². The summed E-state index contributed by atoms with van der Waals surface area (Å²) in [6.45, 7) is 4.60. The third kappa shape index (κ3) is 3.68. The fourth-order valence-corrected chi connectivity index (χ4v) is 3.51. The van der Waals surface area contributed by atoms with Gasteiger partial charge in [0, 0.05) is 38.2 Å². The summed E-state index contributed by atoms with van der Waals surface area (Å²) in [4.78, 5) is 31.3. The number of aryl methyl sites for hydroxylation is 2. The number of nitrogens with zero attached hydrogens (tertiary/aromatic N) is 2. The Labute approximate surface area is 164 Å². The van der Waals surface area contributed by atoms with E-state index in [2.05, 4.69) is 4.98 Å². The number of rotatable bonds is 6. The highest BCUT2D eigenvalue weighted by molar-refractivity contribution is 6.46. The first-order valence-corrected chi connectivity index (χ1v) is 9.20. The number of aromatic nitrogens is 1. The summed E-state index contributed by atoms with van der Waals surface area (Å²) < 4.78 is 5.08. The van der Waals surface area contributed by atoms with Crippen LogP contribution in [0.2, 0.25) is 0 Å². The maximum Gasteiger partial charge on any atom is 0.295 e. The minimum atomic E-state index is -0.676. The van der Waals surface area contributed by atoms with Gasteiger partial charge in [0.1, 0.15) is 5.76 Å². The molecule has 2 heterocycles. The minimum Gasteiger partial charge on any atom is -0.507 e. The van der Waals surface area contributed by atoms with Gasteiger partial charge >= 0.3 is 0 Å². The molecule has 1 amide bonds. The molecule has 0 radical (unpaired) electrons. The minimum absolute atomic E-state index is 0.101. The number of benzene rings is 1. The standard InChI is InChI=1S/C22H24N2O4/c1-14-7-8-15(2)17(12-14)20(25)18-19(16-6-4-9-23-13-16)24(10-5-11-28-3)22(27)21(18)26/h4,6-9,12-13,19,25H,5,10-11H2,1-3H3/b20-18-. The van der Waals surface area contributed by atoms with Crippen molar-refractivity contribution in [3.63, 3.8) is 0 Å². The van der Waals surface area contributed by atoms with Crippen LogP contribution in [-0.4, -0.2) is 46.9 Å². The summed E-state index contributed by atoms with van der Waals surface area (Å²) in [7, 11) is 1.59. The Bertz CT molecular complexity index is 921. The van der Waals surface area contributed by atoms with E-state index < -0.39 is 17.7 Å². The van der Waals surface area contributed by atoms with Gasteiger partial charge in [0.15, 0.2) is 0 Å². The third-order valence-corrected chi connectivity index (χ3v) is 4.94. The van der Waals surface area contributed by atoms with Crippen molar-refractivity contribution in [1.29, 1.82) is 0 Å². The predicted octanol–water partition coefficient (Wildman–Crippen LogP) is 3.16. The van der Waals surface area contributed by atoms with E-state index in [0.717, 1.165) is 11.1 Å². The smallest absolute Gasteiger partial charge is 0.295 e. The lowest BCUT2D eigenvalue weighted by Crippen LogP contribution is -2.31. The molecule has 0 aliphatic carbocycles. The summed E-state index contributed by atoms with van der Waals surface area (Å²) in [6, 6.07) is 8.53. The van der Waals surface area contributed by atoms with E-state index >= 15 is 0 Å². The Morgan fingerprint density at radius 2 is 2.04 bits per heavy atom. The highest BCUT2D eigenvalue weighted by atomic mass is 16.5. The van der Waals surface area contributed by atoms with Gasteiger partial charge in [-0.3, -0.25) is 14.6 Å². The molecular formula is C22H24N2O4. The van der Waals surface area contributed by atoms with E-state index in [9.17, 15) is 14.7 Å². The summed E-state index contributed by atoms with van der Waals surface area (Å²) in [6.07, 6.45) is 3.84. The number of likely N-dealkylation sites (tertiary alicyclic amines) is 1. The van der Waals surface area contributed by atoms with Crippen molar-refractivity contribution in [2.45, 2.75) is 26.3 Å². The van der Waals surface area contributed by atoms with Gasteiger partial charge in [-0.25, -0.2) is 0 Å². The zero-order valence-corrected chi connectivity index (χ0v) is 16.3. The molecule has 1 aliphatic rings. The molecule has 0 saturated carbocycles. The van der Waals surface area contributed by atoms with Crippen molar-refractivity contribution in [1.82, 2.24) is 9.88 Å². The maximum absolute atomic E-state index is 12.9. The second kappa shape index (κ2) is 8.35. The van der Waals surface area contributed by atoms with E-state index in [1.54, 1.807) is 25.6 Å². The van der Waals surface area contributed by atoms with Gasteiger partial charge in [-0.2, -0.15) is 0 Å². The highest BCUT2D eigenvalue weighted by Gasteiger charge is 2.46. The topological polar surface area (TPSA) is 79.7 Å². The fraction of sp³-hybridized carbons (Fsp3) is 0.318. The predicted molar refractivity (Wildman–Crippen MR) is 106 cm³/mol. The summed E-state index contributed by atoms with van der Waals surface area (Å²) in [5, 5.41) is 11.1. The lowest BCUT2D eigenvalue weighted by molar-refractivity contribution is -0.140. The normalized spacial score (nSPS) is 18.7. The van der Waals surface area contributed by atoms with Crippen LogP contribution in [0.25, 0.3) is 5.76 Å². The van der Waals surface area contributed by atoms with Crippen LogP contribution in [0, 0.1) is 13.8 Å². The highest BCUT2D eigenvalue weighted by Crippen LogP contribution is 2.39. The van der Waals surface area contributed by atoms with E-state index in [4.69, 9.17) is 4.74 Å². The SMILES string of the molecule is COCCCN1C(=O)C(=O)/C(=C(\O)c2cc(C)ccc2C)C1c1cccnc1. The molecular weight excluding hydrogens is 356 g/mol. The van der Waals surface area contributed by atoms with E-state index in [1.807, 2.05) is 38.1 Å². The second-order valence-electron chi connectivity index (χ2n) is 6.94. The lowest BCUT2D eigenvalue weighted by atomic mass is 9.94. The third-order valence-electron chi connectivity index (χ3n) is 4.94. The van der Waals surface area contributed by atoms with Gasteiger partial charge in [-0.15, -0.1) is 0 Å². The molecule has 2 aromatic rings. The van der Waals surface area contributed by atoms with Crippen LogP contribution in [0.5, 0.6) is 0 Å². The number of hydrogen-bond acceptors (Lipinski definition) is 5. The molecule has 1 N–H and O–H groups in total. The number of carbonyl (C=O) groups is 2. The summed E-state index contributed by atoms with van der Waals surface area (Å²) in [5.41, 5.74) is 3.14. The number of pyridine rings is 1. The van der Waals surface area contributed by atoms with Gasteiger partial charge < -0.3 is 14.7 Å². The molecule has 1 aromatic carbocycles. The lowest BCUT2D eigenvalue weighted by Gasteiger charge is -2.25. The first-order chi connectivity index (χ1) is 13.5. The zero-order chi connectivity index (χ0) is 20.3. The fourth-order valence-electron chi connectivity index (χ4n) is 3.51. The monoisotopic (exact) mass is 380 g/mol. The van der Waals surface area contributed by atoms with Crippen molar-refractivity contribution in [3.8, 4) is 0 Å². The Kier molecular flexibility index (Phi) is 5.90. The molecule has 1 atom stereocenters. The largest absolute Gasteiger partial charge is 0.507 e. The van der Waals surface area contributed by atoms with Crippen LogP contribution in [-0.2, 0) is 14.3 Å². The van der Waals surface area contributed by atoms with Gasteiger partial charge in [-0.1, -0.05) is 23.8 Å². The van der Waals surface area contributed by atoms with Crippen LogP contribution < -0.4 is 0 Å². The van der Waals surface area contributed by atoms with Crippen LogP contribution in [0.1, 0.15) is 34.7 Å². The molecule has 1 unspecified atom stereocenters. The zero-order valence-electron chi connectivity index (χ0n) is 16.3. The Morgan fingerprint density at radius 3 is 2.71 bits per heavy atom. The molecule has 0 spiro atoms. The number of amides is 1. The number of methoxy groups -OCH3 is 1. The number of Topliss-reactive ketones (excluding diaryl/α,β-unsaturated/α-hetero) is 1. The van der Waals surface area contributed by atoms with Gasteiger partial charge in [-0.05, 0) is 43.5 Å². The summed E-state index contributed by atoms with van der Waals surface area (Å²) >= 11 is 0. The van der Waals surface area contributed by atoms with Gasteiger partial charge in [0.25, 0.3) is 11.7 Å². The molecule has 0 bridgehead atoms. The molecule has 1 fully saturated rings. The molecule has 6 nitrogen and oxygen atoms in total. The quantitative estimate of drug-likeness (QED) is 0.360. The average molecular weight is 380 g/mol. The summed E-state index contributed by atoms with van der Waals surface area (Å²) in [5.74, 6) is -1.44. The van der Waals surface area contributed by atoms with Gasteiger partial charge in [0.05, 0.1) is 11.6 Å². The van der Waals surface area contributed by atoms with Gasteiger partial charge in [0.2, 0.25) is 0 Å². The second-order valence-corrected chi connectivity index (χ2v) is 6.94. The van der Waals surface area contributed by atoms with Crippen LogP contribution in [0.4, 0.5) is 0 Å². The number of aliphatic hydroxyl groups is 1. The number of ether oxygens (including phenoxy) is 1. The molecule has 1 aromatic heterocycles. The van der Waals surface area contributed by atoms with Crippen LogP contribution in [0.3, 0.4) is 0 Å². The van der Waals surface area contributed by atoms with E-state index in [-0.39, 0.29) is 11.3 Å². The van der Waals surface area contributed by atoms with Crippen molar-refractivity contribution in [3.05, 3.63) is 70.6 Å². The molecule has 146 valence electrons. The Balaban J connectivity index is 2.15. The van der Waals surface area contributed by atoms with Crippen molar-refractivity contribution in [2.24, 2.45) is 0 Å². The molecule has 3 rings (SSSR count). The molecule has 1 saturated heterocycles. The van der Waals surface area contributed by atoms with Crippen molar-refractivity contribution >= 4 is 17.4 Å². The molecule has 1 aliphatic heterocycles. The number of ketones is 1. The number of aliphatic hydroxyl groups excluding tert-OH is 1. The Hall–Kier alpha value is -2.99. The van der Waals surface area contributed by atoms with Crippen molar-refractivity contribution < 1.29 is 19.4 Å². The number of hydrogen-bond donors (Lipinski definition) is 1. The Morgan fingerprint density at radius 1 is 1.25 bits per heavy atom. The van der Waals surface area contributed by atoms with Crippen molar-refractivity contribution in [2.75, 3.05) is 20.3 Å². The maximum atomic E-state index is 12.9. The van der Waals surface area contributed by atoms with Crippen LogP contribution >= 0.6 is 0 Å². The van der Waals surface area contributed by atoms with E-state index in [1.165, 1.54) is 4.90 Å². The first kappa shape index (κ1) is 19.8. The van der Waals surface area contributed by atoms with E-state index in [0.29, 0.717) is 30.7 Å². The first-order valence-electron chi connectivity index (χ1n) is 9.20. The molecule has 6 heteroatoms.